The molecule has 1 N–H and O–H groups in total. The third kappa shape index (κ3) is 5.32. The van der Waals surface area contributed by atoms with Crippen molar-refractivity contribution in [1.29, 1.82) is 0 Å². The van der Waals surface area contributed by atoms with Crippen molar-refractivity contribution in [3.63, 3.8) is 0 Å². The summed E-state index contributed by atoms with van der Waals surface area (Å²) in [5.74, 6) is 0.676. The summed E-state index contributed by atoms with van der Waals surface area (Å²) >= 11 is 0. The molecule has 4 fully saturated rings. The number of piperidine rings is 1. The van der Waals surface area contributed by atoms with Gasteiger partial charge in [0.25, 0.3) is 0 Å². The van der Waals surface area contributed by atoms with Crippen LogP contribution in [-0.2, 0) is 24.9 Å². The third-order valence-corrected chi connectivity index (χ3v) is 9.87. The van der Waals surface area contributed by atoms with Crippen LogP contribution in [0.3, 0.4) is 0 Å². The van der Waals surface area contributed by atoms with Crippen molar-refractivity contribution in [1.82, 2.24) is 19.6 Å². The molecule has 3 aliphatic carbocycles. The van der Waals surface area contributed by atoms with Gasteiger partial charge in [0, 0.05) is 18.0 Å². The van der Waals surface area contributed by atoms with E-state index >= 15 is 0 Å². The lowest BCUT2D eigenvalue weighted by Crippen LogP contribution is -2.59. The van der Waals surface area contributed by atoms with Gasteiger partial charge in [-0.1, -0.05) is 0 Å². The maximum atomic E-state index is 13.2. The number of nitrogens with one attached hydrogen (secondary N) is 1. The minimum atomic E-state index is -3.40. The number of carbonyl (C=O) groups excluding carboxylic acids is 1. The zero-order chi connectivity index (χ0) is 24.8. The Kier molecular flexibility index (Phi) is 6.78. The molecular weight excluding hydrogens is 475 g/mol. The van der Waals surface area contributed by atoms with Crippen LogP contribution >= 0.6 is 0 Å². The monoisotopic (exact) mass is 510 g/mol. The van der Waals surface area contributed by atoms with Gasteiger partial charge in [0.15, 0.2) is 5.82 Å². The summed E-state index contributed by atoms with van der Waals surface area (Å²) in [6, 6.07) is -0.819. The summed E-state index contributed by atoms with van der Waals surface area (Å²) in [4.78, 5) is 22.9. The molecule has 1 aromatic rings. The SMILES string of the molecule is CC(C)OC(=O)N1CCCC(NS(=O)(=O)C2CC2)[C@@H]1COC1CCC2(c3ncc(F)cn3)CC2C1. The predicted molar refractivity (Wildman–Crippen MR) is 126 cm³/mol. The average Bonchev–Trinajstić information content (AvgIpc) is 3.71. The Hall–Kier alpha value is -1.85. The molecule has 11 heteroatoms. The lowest BCUT2D eigenvalue weighted by atomic mass is 9.86. The second-order valence-electron chi connectivity index (χ2n) is 10.8. The first-order valence-corrected chi connectivity index (χ1v) is 14.3. The van der Waals surface area contributed by atoms with Gasteiger partial charge in [-0.2, -0.15) is 0 Å². The van der Waals surface area contributed by atoms with Crippen molar-refractivity contribution in [2.24, 2.45) is 5.92 Å². The molecule has 4 aliphatic rings. The molecule has 35 heavy (non-hydrogen) atoms. The number of halogens is 1. The van der Waals surface area contributed by atoms with Crippen LogP contribution in [0.25, 0.3) is 0 Å². The molecule has 0 radical (unpaired) electrons. The maximum absolute atomic E-state index is 13.2. The quantitative estimate of drug-likeness (QED) is 0.572. The minimum Gasteiger partial charge on any atom is -0.447 e. The first-order valence-electron chi connectivity index (χ1n) is 12.8. The summed E-state index contributed by atoms with van der Waals surface area (Å²) in [6.45, 7) is 4.37. The zero-order valence-corrected chi connectivity index (χ0v) is 21.2. The van der Waals surface area contributed by atoms with Crippen LogP contribution in [0.15, 0.2) is 12.4 Å². The summed E-state index contributed by atoms with van der Waals surface area (Å²) in [7, 11) is -3.40. The molecule has 1 amide bonds. The number of sulfonamides is 1. The lowest BCUT2D eigenvalue weighted by Gasteiger charge is -2.41. The highest BCUT2D eigenvalue weighted by atomic mass is 32.2. The fourth-order valence-electron chi connectivity index (χ4n) is 5.77. The molecule has 0 spiro atoms. The van der Waals surface area contributed by atoms with E-state index in [-0.39, 0.29) is 29.5 Å². The Labute approximate surface area is 206 Å². The molecule has 0 bridgehead atoms. The van der Waals surface area contributed by atoms with Crippen molar-refractivity contribution < 1.29 is 27.1 Å². The fraction of sp³-hybridized carbons (Fsp3) is 0.792. The summed E-state index contributed by atoms with van der Waals surface area (Å²) in [6.07, 6.45) is 8.02. The van der Waals surface area contributed by atoms with Crippen molar-refractivity contribution in [3.05, 3.63) is 24.0 Å². The minimum absolute atomic E-state index is 0.0154. The van der Waals surface area contributed by atoms with E-state index in [1.54, 1.807) is 18.7 Å². The second kappa shape index (κ2) is 9.55. The molecular formula is C24H35FN4O5S. The summed E-state index contributed by atoms with van der Waals surface area (Å²) in [5, 5.41) is -0.322. The summed E-state index contributed by atoms with van der Waals surface area (Å²) < 4.78 is 53.3. The smallest absolute Gasteiger partial charge is 0.410 e. The van der Waals surface area contributed by atoms with Crippen LogP contribution in [0, 0.1) is 11.7 Å². The number of aromatic nitrogens is 2. The summed E-state index contributed by atoms with van der Waals surface area (Å²) in [5.41, 5.74) is -0.0755. The van der Waals surface area contributed by atoms with E-state index in [1.165, 1.54) is 12.4 Å². The highest BCUT2D eigenvalue weighted by Crippen LogP contribution is 2.61. The Morgan fingerprint density at radius 1 is 1.26 bits per heavy atom. The zero-order valence-electron chi connectivity index (χ0n) is 20.4. The van der Waals surface area contributed by atoms with Crippen LogP contribution in [0.4, 0.5) is 9.18 Å². The van der Waals surface area contributed by atoms with E-state index in [1.807, 2.05) is 0 Å². The molecule has 5 atom stereocenters. The van der Waals surface area contributed by atoms with Gasteiger partial charge in [0.1, 0.15) is 5.82 Å². The Balaban J connectivity index is 1.24. The van der Waals surface area contributed by atoms with E-state index < -0.39 is 34.0 Å². The van der Waals surface area contributed by atoms with E-state index in [2.05, 4.69) is 14.7 Å². The largest absolute Gasteiger partial charge is 0.447 e. The Morgan fingerprint density at radius 3 is 2.66 bits per heavy atom. The van der Waals surface area contributed by atoms with Gasteiger partial charge in [0.05, 0.1) is 42.5 Å². The predicted octanol–water partition coefficient (Wildman–Crippen LogP) is 2.90. The van der Waals surface area contributed by atoms with Gasteiger partial charge in [-0.25, -0.2) is 32.3 Å². The van der Waals surface area contributed by atoms with Gasteiger partial charge in [-0.05, 0) is 71.1 Å². The molecule has 5 rings (SSSR count). The standard InChI is InChI=1S/C24H35FN4O5S/c1-15(2)34-23(30)29-9-3-4-20(28-35(31,32)19-5-6-19)21(29)14-33-18-7-8-24(11-16(24)10-18)22-26-12-17(25)13-27-22/h12-13,15-16,18-21,28H,3-11,14H2,1-2H3/t16?,18?,20?,21-,24?/m0/s1. The molecule has 194 valence electrons. The number of ether oxygens (including phenoxy) is 2. The number of fused-ring (bicyclic) bond motifs is 1. The van der Waals surface area contributed by atoms with Gasteiger partial charge in [-0.15, -0.1) is 0 Å². The van der Waals surface area contributed by atoms with Gasteiger partial charge >= 0.3 is 6.09 Å². The molecule has 2 heterocycles. The number of carbonyl (C=O) groups is 1. The van der Waals surface area contributed by atoms with Crippen molar-refractivity contribution >= 4 is 16.1 Å². The van der Waals surface area contributed by atoms with Crippen LogP contribution in [-0.4, -0.2) is 72.1 Å². The van der Waals surface area contributed by atoms with E-state index in [4.69, 9.17) is 9.47 Å². The molecule has 1 aliphatic heterocycles. The number of likely N-dealkylation sites (tertiary alicyclic amines) is 1. The third-order valence-electron chi connectivity index (χ3n) is 7.89. The maximum Gasteiger partial charge on any atom is 0.410 e. The normalized spacial score (nSPS) is 32.9. The Bertz CT molecular complexity index is 1030. The molecule has 3 saturated carbocycles. The highest BCUT2D eigenvalue weighted by Gasteiger charge is 2.60. The van der Waals surface area contributed by atoms with Crippen LogP contribution in [0.1, 0.15) is 71.0 Å². The molecule has 0 aromatic carbocycles. The Morgan fingerprint density at radius 2 is 2.00 bits per heavy atom. The van der Waals surface area contributed by atoms with Crippen LogP contribution in [0.5, 0.6) is 0 Å². The second-order valence-corrected chi connectivity index (χ2v) is 12.8. The number of hydrogen-bond donors (Lipinski definition) is 1. The topological polar surface area (TPSA) is 111 Å². The number of hydrogen-bond acceptors (Lipinski definition) is 7. The first-order chi connectivity index (χ1) is 16.7. The first kappa shape index (κ1) is 24.8. The van der Waals surface area contributed by atoms with Crippen LogP contribution in [0.2, 0.25) is 0 Å². The number of amides is 1. The number of rotatable bonds is 8. The van der Waals surface area contributed by atoms with Crippen LogP contribution < -0.4 is 4.72 Å². The van der Waals surface area contributed by atoms with E-state index in [0.717, 1.165) is 25.7 Å². The number of nitrogens with zero attached hydrogens (tertiary/aromatic N) is 3. The van der Waals surface area contributed by atoms with Gasteiger partial charge in [-0.3, -0.25) is 0 Å². The van der Waals surface area contributed by atoms with Gasteiger partial charge in [0.2, 0.25) is 10.0 Å². The lowest BCUT2D eigenvalue weighted by molar-refractivity contribution is -0.0308. The van der Waals surface area contributed by atoms with Crippen molar-refractivity contribution in [3.8, 4) is 0 Å². The van der Waals surface area contributed by atoms with E-state index in [9.17, 15) is 17.6 Å². The van der Waals surface area contributed by atoms with Gasteiger partial charge < -0.3 is 14.4 Å². The fourth-order valence-corrected chi connectivity index (χ4v) is 7.42. The van der Waals surface area contributed by atoms with Crippen molar-refractivity contribution in [2.75, 3.05) is 13.2 Å². The molecule has 9 nitrogen and oxygen atoms in total. The highest BCUT2D eigenvalue weighted by molar-refractivity contribution is 7.90. The van der Waals surface area contributed by atoms with Crippen molar-refractivity contribution in [2.45, 2.75) is 100 Å². The van der Waals surface area contributed by atoms with E-state index in [0.29, 0.717) is 44.0 Å². The average molecular weight is 511 g/mol. The molecule has 4 unspecified atom stereocenters. The molecule has 1 aromatic heterocycles. The molecule has 1 saturated heterocycles.